The molecular formula is C6H14N2O2. The number of hydrogen-bond acceptors (Lipinski definition) is 4. The van der Waals surface area contributed by atoms with E-state index in [9.17, 15) is 4.79 Å². The molecular weight excluding hydrogens is 132 g/mol. The highest BCUT2D eigenvalue weighted by atomic mass is 16.7. The molecule has 10 heavy (non-hydrogen) atoms. The zero-order chi connectivity index (χ0) is 7.98. The van der Waals surface area contributed by atoms with Crippen LogP contribution in [0.2, 0.25) is 0 Å². The Morgan fingerprint density at radius 1 is 1.60 bits per heavy atom. The number of nitrogens with zero attached hydrogens (tertiary/aromatic N) is 1. The molecule has 0 bridgehead atoms. The largest absolute Gasteiger partial charge is 0.369 e. The molecule has 0 amide bonds. The van der Waals surface area contributed by atoms with Crippen molar-refractivity contribution in [3.8, 4) is 0 Å². The molecule has 2 N–H and O–H groups in total. The Labute approximate surface area is 60.9 Å². The van der Waals surface area contributed by atoms with E-state index in [-0.39, 0.29) is 5.97 Å². The van der Waals surface area contributed by atoms with Crippen LogP contribution in [0.1, 0.15) is 12.8 Å². The number of rotatable bonds is 4. The number of hydrogen-bond donors (Lipinski definition) is 1. The molecule has 4 heteroatoms. The Hall–Kier alpha value is -0.610. The van der Waals surface area contributed by atoms with Gasteiger partial charge in [-0.1, -0.05) is 0 Å². The molecule has 0 rings (SSSR count). The van der Waals surface area contributed by atoms with Gasteiger partial charge in [0.25, 0.3) is 0 Å². The normalized spacial score (nSPS) is 10.0. The van der Waals surface area contributed by atoms with E-state index in [1.807, 2.05) is 0 Å². The van der Waals surface area contributed by atoms with Crippen LogP contribution >= 0.6 is 0 Å². The Morgan fingerprint density at radius 2 is 2.20 bits per heavy atom. The lowest BCUT2D eigenvalue weighted by Gasteiger charge is -2.08. The molecule has 60 valence electrons. The summed E-state index contributed by atoms with van der Waals surface area (Å²) >= 11 is 0. The molecule has 0 spiro atoms. The maximum Gasteiger partial charge on any atom is 0.325 e. The molecule has 0 heterocycles. The molecule has 0 aliphatic carbocycles. The lowest BCUT2D eigenvalue weighted by atomic mass is 10.3. The summed E-state index contributed by atoms with van der Waals surface area (Å²) in [6.07, 6.45) is 1.08. The average molecular weight is 146 g/mol. The van der Waals surface area contributed by atoms with Gasteiger partial charge in [-0.15, -0.1) is 5.06 Å². The highest BCUT2D eigenvalue weighted by molar-refractivity contribution is 5.68. The van der Waals surface area contributed by atoms with Crippen molar-refractivity contribution < 1.29 is 9.63 Å². The zero-order valence-electron chi connectivity index (χ0n) is 6.46. The van der Waals surface area contributed by atoms with Crippen LogP contribution in [0.4, 0.5) is 0 Å². The van der Waals surface area contributed by atoms with E-state index in [1.165, 1.54) is 5.06 Å². The van der Waals surface area contributed by atoms with Gasteiger partial charge in [0.2, 0.25) is 0 Å². The van der Waals surface area contributed by atoms with Crippen LogP contribution in [0.15, 0.2) is 0 Å². The third-order valence-corrected chi connectivity index (χ3v) is 0.869. The summed E-state index contributed by atoms with van der Waals surface area (Å²) in [5.41, 5.74) is 5.19. The molecule has 0 aliphatic heterocycles. The Kier molecular flexibility index (Phi) is 4.88. The molecule has 0 radical (unpaired) electrons. The summed E-state index contributed by atoms with van der Waals surface area (Å²) in [5, 5.41) is 1.37. The standard InChI is InChI=1S/C6H14N2O2/c1-8(2)10-6(9)4-3-5-7/h3-5,7H2,1-2H3. The molecule has 0 aromatic heterocycles. The van der Waals surface area contributed by atoms with Crippen molar-refractivity contribution in [2.75, 3.05) is 20.6 Å². The molecule has 0 saturated heterocycles. The maximum atomic E-state index is 10.7. The zero-order valence-corrected chi connectivity index (χ0v) is 6.46. The van der Waals surface area contributed by atoms with Gasteiger partial charge in [-0.25, -0.2) is 0 Å². The second-order valence-corrected chi connectivity index (χ2v) is 2.17. The van der Waals surface area contributed by atoms with Crippen LogP contribution in [-0.4, -0.2) is 31.7 Å². The second-order valence-electron chi connectivity index (χ2n) is 2.17. The molecule has 0 unspecified atom stereocenters. The number of carbonyl (C=O) groups excluding carboxylic acids is 1. The molecule has 0 aromatic carbocycles. The first-order chi connectivity index (χ1) is 4.66. The predicted octanol–water partition coefficient (Wildman–Crippen LogP) is -0.255. The Bertz CT molecular complexity index is 104. The van der Waals surface area contributed by atoms with Crippen LogP contribution in [0.3, 0.4) is 0 Å². The van der Waals surface area contributed by atoms with Crippen LogP contribution in [0.5, 0.6) is 0 Å². The van der Waals surface area contributed by atoms with Crippen LogP contribution < -0.4 is 5.73 Å². The first-order valence-corrected chi connectivity index (χ1v) is 3.25. The van der Waals surface area contributed by atoms with Gasteiger partial charge in [-0.3, -0.25) is 4.79 Å². The van der Waals surface area contributed by atoms with Gasteiger partial charge >= 0.3 is 5.97 Å². The Morgan fingerprint density at radius 3 is 2.60 bits per heavy atom. The van der Waals surface area contributed by atoms with Crippen molar-refractivity contribution >= 4 is 5.97 Å². The third kappa shape index (κ3) is 5.53. The van der Waals surface area contributed by atoms with E-state index >= 15 is 0 Å². The molecule has 0 fully saturated rings. The minimum absolute atomic E-state index is 0.226. The van der Waals surface area contributed by atoms with E-state index in [4.69, 9.17) is 10.6 Å². The van der Waals surface area contributed by atoms with Crippen LogP contribution in [-0.2, 0) is 9.63 Å². The fourth-order valence-corrected chi connectivity index (χ4v) is 0.496. The highest BCUT2D eigenvalue weighted by Gasteiger charge is 2.01. The maximum absolute atomic E-state index is 10.7. The van der Waals surface area contributed by atoms with Crippen LogP contribution in [0, 0.1) is 0 Å². The van der Waals surface area contributed by atoms with E-state index in [0.29, 0.717) is 19.4 Å². The van der Waals surface area contributed by atoms with E-state index in [2.05, 4.69) is 0 Å². The van der Waals surface area contributed by atoms with E-state index < -0.39 is 0 Å². The summed E-state index contributed by atoms with van der Waals surface area (Å²) in [5.74, 6) is -0.226. The highest BCUT2D eigenvalue weighted by Crippen LogP contribution is 1.91. The van der Waals surface area contributed by atoms with Gasteiger partial charge in [-0.2, -0.15) is 0 Å². The SMILES string of the molecule is CN(C)OC(=O)CCCN. The summed E-state index contributed by atoms with van der Waals surface area (Å²) in [6, 6.07) is 0. The second kappa shape index (κ2) is 5.20. The van der Waals surface area contributed by atoms with Crippen molar-refractivity contribution in [2.45, 2.75) is 12.8 Å². The molecule has 0 aromatic rings. The van der Waals surface area contributed by atoms with Gasteiger partial charge < -0.3 is 10.6 Å². The van der Waals surface area contributed by atoms with E-state index in [0.717, 1.165) is 0 Å². The lowest BCUT2D eigenvalue weighted by molar-refractivity contribution is -0.178. The van der Waals surface area contributed by atoms with E-state index in [1.54, 1.807) is 14.1 Å². The van der Waals surface area contributed by atoms with Crippen molar-refractivity contribution in [3.05, 3.63) is 0 Å². The number of hydroxylamine groups is 2. The first kappa shape index (κ1) is 9.39. The predicted molar refractivity (Wildman–Crippen MR) is 38.1 cm³/mol. The van der Waals surface area contributed by atoms with Gasteiger partial charge in [0, 0.05) is 20.5 Å². The topological polar surface area (TPSA) is 55.6 Å². The lowest BCUT2D eigenvalue weighted by Crippen LogP contribution is -2.18. The number of nitrogens with two attached hydrogens (primary N) is 1. The van der Waals surface area contributed by atoms with Gasteiger partial charge in [-0.05, 0) is 13.0 Å². The minimum Gasteiger partial charge on any atom is -0.369 e. The monoisotopic (exact) mass is 146 g/mol. The van der Waals surface area contributed by atoms with Gasteiger partial charge in [0.15, 0.2) is 0 Å². The minimum atomic E-state index is -0.226. The fraction of sp³-hybridized carbons (Fsp3) is 0.833. The molecule has 0 saturated carbocycles. The van der Waals surface area contributed by atoms with Gasteiger partial charge in [0.05, 0.1) is 0 Å². The van der Waals surface area contributed by atoms with Crippen molar-refractivity contribution in [1.29, 1.82) is 0 Å². The quantitative estimate of drug-likeness (QED) is 0.555. The summed E-state index contributed by atoms with van der Waals surface area (Å²) in [4.78, 5) is 15.4. The smallest absolute Gasteiger partial charge is 0.325 e. The van der Waals surface area contributed by atoms with Crippen molar-refractivity contribution in [3.63, 3.8) is 0 Å². The fourth-order valence-electron chi connectivity index (χ4n) is 0.496. The molecule has 0 aliphatic rings. The molecule has 0 atom stereocenters. The first-order valence-electron chi connectivity index (χ1n) is 3.25. The third-order valence-electron chi connectivity index (χ3n) is 0.869. The van der Waals surface area contributed by atoms with Crippen molar-refractivity contribution in [1.82, 2.24) is 5.06 Å². The summed E-state index contributed by atoms with van der Waals surface area (Å²) < 4.78 is 0. The number of carbonyl (C=O) groups is 1. The van der Waals surface area contributed by atoms with Gasteiger partial charge in [0.1, 0.15) is 0 Å². The van der Waals surface area contributed by atoms with Crippen molar-refractivity contribution in [2.24, 2.45) is 5.73 Å². The Balaban J connectivity index is 3.26. The van der Waals surface area contributed by atoms with Crippen LogP contribution in [0.25, 0.3) is 0 Å². The summed E-state index contributed by atoms with van der Waals surface area (Å²) in [6.45, 7) is 0.530. The average Bonchev–Trinajstić information content (AvgIpc) is 1.82. The molecule has 4 nitrogen and oxygen atoms in total. The summed E-state index contributed by atoms with van der Waals surface area (Å²) in [7, 11) is 3.33.